The van der Waals surface area contributed by atoms with E-state index in [-0.39, 0.29) is 0 Å². The fourth-order valence-corrected chi connectivity index (χ4v) is 1.13. The quantitative estimate of drug-likeness (QED) is 0.568. The van der Waals surface area contributed by atoms with Gasteiger partial charge in [0.05, 0.1) is 12.7 Å². The molecule has 12 heavy (non-hydrogen) atoms. The third-order valence-corrected chi connectivity index (χ3v) is 1.97. The molecule has 2 heteroatoms. The van der Waals surface area contributed by atoms with Crippen molar-refractivity contribution in [2.45, 2.75) is 45.6 Å². The Hall–Kier alpha value is -0.0800. The normalized spacial score (nSPS) is 13.2. The first-order valence-corrected chi connectivity index (χ1v) is 5.07. The molecule has 0 amide bonds. The molecule has 0 aromatic carbocycles. The van der Waals surface area contributed by atoms with Crippen LogP contribution in [0.2, 0.25) is 0 Å². The molecule has 1 unspecified atom stereocenters. The molecule has 0 aliphatic rings. The Kier molecular flexibility index (Phi) is 8.95. The fraction of sp³-hybridized carbons (Fsp3) is 1.00. The molecular formula is C10H23NO. The van der Waals surface area contributed by atoms with Crippen LogP contribution in [0.1, 0.15) is 39.5 Å². The lowest BCUT2D eigenvalue weighted by Crippen LogP contribution is -2.18. The van der Waals surface area contributed by atoms with Crippen molar-refractivity contribution in [3.63, 3.8) is 0 Å². The monoisotopic (exact) mass is 173 g/mol. The first-order chi connectivity index (χ1) is 5.81. The predicted octanol–water partition coefficient (Wildman–Crippen LogP) is 2.19. The molecule has 0 bridgehead atoms. The highest BCUT2D eigenvalue weighted by Crippen LogP contribution is 2.05. The number of hydrogen-bond acceptors (Lipinski definition) is 2. The van der Waals surface area contributed by atoms with E-state index in [1.807, 2.05) is 7.05 Å². The maximum Gasteiger partial charge on any atom is 0.0594 e. The first kappa shape index (κ1) is 11.9. The third kappa shape index (κ3) is 8.02. The zero-order valence-electron chi connectivity index (χ0n) is 8.73. The highest BCUT2D eigenvalue weighted by atomic mass is 16.5. The van der Waals surface area contributed by atoms with Crippen molar-refractivity contribution in [3.8, 4) is 0 Å². The van der Waals surface area contributed by atoms with E-state index in [1.54, 1.807) is 0 Å². The molecule has 1 atom stereocenters. The standard InChI is InChI=1S/C10H23NO/c1-4-5-6-7-10(2)12-9-8-11-3/h10-11H,4-9H2,1-3H3. The van der Waals surface area contributed by atoms with Crippen molar-refractivity contribution in [2.75, 3.05) is 20.2 Å². The van der Waals surface area contributed by atoms with Crippen LogP contribution in [-0.2, 0) is 4.74 Å². The Labute approximate surface area is 76.7 Å². The van der Waals surface area contributed by atoms with Gasteiger partial charge in [0, 0.05) is 6.54 Å². The minimum Gasteiger partial charge on any atom is -0.377 e. The number of likely N-dealkylation sites (N-methyl/N-ethyl adjacent to an activating group) is 1. The third-order valence-electron chi connectivity index (χ3n) is 1.97. The average Bonchev–Trinajstić information content (AvgIpc) is 2.06. The van der Waals surface area contributed by atoms with Crippen molar-refractivity contribution >= 4 is 0 Å². The van der Waals surface area contributed by atoms with Gasteiger partial charge in [-0.3, -0.25) is 0 Å². The predicted molar refractivity (Wildman–Crippen MR) is 53.5 cm³/mol. The maximum atomic E-state index is 5.57. The van der Waals surface area contributed by atoms with E-state index in [0.29, 0.717) is 6.10 Å². The van der Waals surface area contributed by atoms with E-state index in [4.69, 9.17) is 4.74 Å². The van der Waals surface area contributed by atoms with Crippen molar-refractivity contribution in [3.05, 3.63) is 0 Å². The Morgan fingerprint density at radius 1 is 1.33 bits per heavy atom. The Balaban J connectivity index is 3.04. The van der Waals surface area contributed by atoms with Gasteiger partial charge in [0.15, 0.2) is 0 Å². The summed E-state index contributed by atoms with van der Waals surface area (Å²) in [5, 5.41) is 3.07. The van der Waals surface area contributed by atoms with Crippen molar-refractivity contribution < 1.29 is 4.74 Å². The lowest BCUT2D eigenvalue weighted by molar-refractivity contribution is 0.0613. The van der Waals surface area contributed by atoms with E-state index in [9.17, 15) is 0 Å². The summed E-state index contributed by atoms with van der Waals surface area (Å²) >= 11 is 0. The van der Waals surface area contributed by atoms with Crippen LogP contribution in [0, 0.1) is 0 Å². The second-order valence-electron chi connectivity index (χ2n) is 3.28. The van der Waals surface area contributed by atoms with E-state index >= 15 is 0 Å². The number of hydrogen-bond donors (Lipinski definition) is 1. The lowest BCUT2D eigenvalue weighted by atomic mass is 10.1. The lowest BCUT2D eigenvalue weighted by Gasteiger charge is -2.12. The molecule has 0 saturated carbocycles. The number of nitrogens with one attached hydrogen (secondary N) is 1. The largest absolute Gasteiger partial charge is 0.377 e. The molecule has 0 aliphatic heterocycles. The molecule has 1 N–H and O–H groups in total. The van der Waals surface area contributed by atoms with Crippen LogP contribution in [0.25, 0.3) is 0 Å². The molecule has 0 aromatic rings. The summed E-state index contributed by atoms with van der Waals surface area (Å²) < 4.78 is 5.57. The van der Waals surface area contributed by atoms with Gasteiger partial charge in [0.1, 0.15) is 0 Å². The molecule has 0 heterocycles. The van der Waals surface area contributed by atoms with Crippen LogP contribution >= 0.6 is 0 Å². The van der Waals surface area contributed by atoms with E-state index < -0.39 is 0 Å². The summed E-state index contributed by atoms with van der Waals surface area (Å²) in [4.78, 5) is 0. The molecule has 0 spiro atoms. The topological polar surface area (TPSA) is 21.3 Å². The maximum absolute atomic E-state index is 5.57. The summed E-state index contributed by atoms with van der Waals surface area (Å²) in [6, 6.07) is 0. The summed E-state index contributed by atoms with van der Waals surface area (Å²) in [6.45, 7) is 6.18. The number of rotatable bonds is 8. The molecule has 0 aliphatic carbocycles. The molecule has 2 nitrogen and oxygen atoms in total. The number of ether oxygens (including phenoxy) is 1. The second kappa shape index (κ2) is 9.01. The minimum atomic E-state index is 0.435. The van der Waals surface area contributed by atoms with E-state index in [1.165, 1.54) is 25.7 Å². The molecule has 0 aromatic heterocycles. The Morgan fingerprint density at radius 3 is 2.67 bits per heavy atom. The summed E-state index contributed by atoms with van der Waals surface area (Å²) in [6.07, 6.45) is 5.57. The van der Waals surface area contributed by atoms with Crippen LogP contribution in [0.5, 0.6) is 0 Å². The van der Waals surface area contributed by atoms with Crippen LogP contribution in [0.4, 0.5) is 0 Å². The second-order valence-corrected chi connectivity index (χ2v) is 3.28. The number of unbranched alkanes of at least 4 members (excludes halogenated alkanes) is 2. The van der Waals surface area contributed by atoms with Crippen LogP contribution in [-0.4, -0.2) is 26.3 Å². The summed E-state index contributed by atoms with van der Waals surface area (Å²) in [5.74, 6) is 0. The van der Waals surface area contributed by atoms with E-state index in [0.717, 1.165) is 13.2 Å². The SMILES string of the molecule is CCCCCC(C)OCCNC. The van der Waals surface area contributed by atoms with Crippen LogP contribution in [0.15, 0.2) is 0 Å². The van der Waals surface area contributed by atoms with Crippen molar-refractivity contribution in [1.82, 2.24) is 5.32 Å². The Morgan fingerprint density at radius 2 is 2.08 bits per heavy atom. The highest BCUT2D eigenvalue weighted by Gasteiger charge is 1.99. The zero-order chi connectivity index (χ0) is 9.23. The van der Waals surface area contributed by atoms with Crippen molar-refractivity contribution in [2.24, 2.45) is 0 Å². The van der Waals surface area contributed by atoms with Crippen LogP contribution in [0.3, 0.4) is 0 Å². The zero-order valence-corrected chi connectivity index (χ0v) is 8.73. The fourth-order valence-electron chi connectivity index (χ4n) is 1.13. The first-order valence-electron chi connectivity index (χ1n) is 5.07. The van der Waals surface area contributed by atoms with Gasteiger partial charge in [-0.1, -0.05) is 26.2 Å². The van der Waals surface area contributed by atoms with Gasteiger partial charge < -0.3 is 10.1 Å². The van der Waals surface area contributed by atoms with Crippen molar-refractivity contribution in [1.29, 1.82) is 0 Å². The van der Waals surface area contributed by atoms with Gasteiger partial charge in [-0.15, -0.1) is 0 Å². The van der Waals surface area contributed by atoms with E-state index in [2.05, 4.69) is 19.2 Å². The highest BCUT2D eigenvalue weighted by molar-refractivity contribution is 4.51. The Bertz CT molecular complexity index is 75.9. The molecule has 0 fully saturated rings. The molecular weight excluding hydrogens is 150 g/mol. The molecule has 0 radical (unpaired) electrons. The summed E-state index contributed by atoms with van der Waals surface area (Å²) in [5.41, 5.74) is 0. The van der Waals surface area contributed by atoms with Gasteiger partial charge >= 0.3 is 0 Å². The molecule has 74 valence electrons. The summed E-state index contributed by atoms with van der Waals surface area (Å²) in [7, 11) is 1.95. The molecule has 0 rings (SSSR count). The van der Waals surface area contributed by atoms with Gasteiger partial charge in [-0.25, -0.2) is 0 Å². The minimum absolute atomic E-state index is 0.435. The average molecular weight is 173 g/mol. The van der Waals surface area contributed by atoms with Crippen LogP contribution < -0.4 is 5.32 Å². The van der Waals surface area contributed by atoms with Gasteiger partial charge in [-0.05, 0) is 20.4 Å². The molecule has 0 saturated heterocycles. The van der Waals surface area contributed by atoms with Gasteiger partial charge in [-0.2, -0.15) is 0 Å². The van der Waals surface area contributed by atoms with Gasteiger partial charge in [0.2, 0.25) is 0 Å². The van der Waals surface area contributed by atoms with Gasteiger partial charge in [0.25, 0.3) is 0 Å². The smallest absolute Gasteiger partial charge is 0.0594 e.